The van der Waals surface area contributed by atoms with Gasteiger partial charge in [-0.15, -0.1) is 0 Å². The number of halogens is 29. The van der Waals surface area contributed by atoms with Crippen LogP contribution in [0.15, 0.2) is 131 Å². The molecule has 6 saturated carbocycles. The predicted octanol–water partition coefficient (Wildman–Crippen LogP) is 14.5. The van der Waals surface area contributed by atoms with Gasteiger partial charge in [-0.3, -0.25) is 9.18 Å². The summed E-state index contributed by atoms with van der Waals surface area (Å²) in [5, 5.41) is -20.8. The lowest BCUT2D eigenvalue weighted by Crippen LogP contribution is -2.67. The molecule has 12 aliphatic rings. The number of ketones is 1. The molecule has 18 unspecified atom stereocenters. The molecular weight excluding hydrogens is 2050 g/mol. The van der Waals surface area contributed by atoms with Crippen molar-refractivity contribution in [3.05, 3.63) is 133 Å². The summed E-state index contributed by atoms with van der Waals surface area (Å²) < 4.78 is 616. The molecule has 12 aliphatic carbocycles. The largest absolute Gasteiger partial charge is 0.747 e. The molecule has 12 bridgehead atoms. The van der Waals surface area contributed by atoms with Gasteiger partial charge in [0.1, 0.15) is 52.1 Å². The van der Waals surface area contributed by atoms with Crippen molar-refractivity contribution in [2.75, 3.05) is 7.18 Å². The van der Waals surface area contributed by atoms with Crippen molar-refractivity contribution >= 4 is 86.7 Å². The Bertz CT molecular complexity index is 5650. The minimum Gasteiger partial charge on any atom is -0.747 e. The van der Waals surface area contributed by atoms with Crippen LogP contribution in [0.5, 0.6) is 0 Å². The Morgan fingerprint density at radius 2 is 0.674 bits per heavy atom. The number of hydrogen-bond donors (Lipinski definition) is 0. The Hall–Kier alpha value is -6.20. The summed E-state index contributed by atoms with van der Waals surface area (Å²) in [6.45, 7) is 0. The summed E-state index contributed by atoms with van der Waals surface area (Å²) in [5.74, 6) is -35.7. The highest BCUT2D eigenvalue weighted by Gasteiger charge is 2.82. The van der Waals surface area contributed by atoms with Crippen LogP contribution in [-0.4, -0.2) is 190 Å². The molecule has 0 spiro atoms. The van der Waals surface area contributed by atoms with Crippen molar-refractivity contribution in [2.45, 2.75) is 166 Å². The number of alkyl halides is 27. The molecule has 0 amide bonds. The molecule has 25 nitrogen and oxygen atoms in total. The standard InChI is InChI=1S/C11H12F6O3S.2C10H10F6O3S.C9H10F4O3S.C9H10F2O4S.C8H10F2O3S.C6H4F2O3S.C6H6O3S.CH3F/c12-10(13,14)9(11(15,16)17,21(18,19)20)5-8-4-6-1-2-7(8)3-6;11-8(12,7-4-5-1-2-6(7)3-5)9(13,14)10(15,16)20(17,18)19;11-9(12,13)8(10(14,15)16,20(17,18)19)7-4-5-1-2-6(7)3-5;10-8(11,9(12,13)17(14,15)16)7-4-5-1-2-6(7)3-5;10-9(11,16(13,14)15)8(12)7-4-5-1-2-6(7)3-5;9-8(10,14(11,12)13)7-4-5-1-2-6(7)3-5;7-4-1-2-6(5(8)3-4)12(9,10)11;7-10(8,9)6-4-2-1-3-5-6;1-2/h1-2,6-8H,3-5H2,(H,18,19,20);2*1-2,5-7H,3-4H2,(H,17,18,19);1-2,5-7H,3-4H2,(H,14,15,16);1-2,5-7H,3-4H2,(H,13,14,15);1-2,5-7H,3-4H2,(H,11,12,13);1-3H,(H,9,10,11);1-5H,(H,7,8,9);1H3/p-8. The third-order valence-electron chi connectivity index (χ3n) is 24.1. The maximum absolute atomic E-state index is 13.7. The van der Waals surface area contributed by atoms with Gasteiger partial charge in [0, 0.05) is 35.7 Å². The van der Waals surface area contributed by atoms with Crippen LogP contribution in [0.2, 0.25) is 0 Å². The maximum atomic E-state index is 13.7. The van der Waals surface area contributed by atoms with Crippen molar-refractivity contribution in [1.82, 2.24) is 0 Å². The fourth-order valence-electron chi connectivity index (χ4n) is 18.0. The van der Waals surface area contributed by atoms with Gasteiger partial charge in [0.05, 0.1) is 17.0 Å². The molecule has 0 aromatic heterocycles. The molecule has 2 aromatic rings. The molecule has 14 rings (SSSR count). The van der Waals surface area contributed by atoms with Gasteiger partial charge in [0.25, 0.3) is 4.75 Å². The highest BCUT2D eigenvalue weighted by atomic mass is 32.3. The maximum Gasteiger partial charge on any atom is 0.416 e. The third-order valence-corrected chi connectivity index (χ3v) is 32.4. The number of allylic oxidation sites excluding steroid dienone is 12. The van der Waals surface area contributed by atoms with Crippen LogP contribution >= 0.6 is 0 Å². The number of fused-ring (bicyclic) bond motifs is 12. The Kier molecular flexibility index (Phi) is 33.7. The molecule has 0 radical (unpaired) electrons. The average molecular weight is 2120 g/mol. The number of benzene rings is 2. The number of rotatable bonds is 19. The summed E-state index contributed by atoms with van der Waals surface area (Å²) in [6, 6.07) is 8.82. The van der Waals surface area contributed by atoms with Gasteiger partial charge in [-0.05, 0) is 185 Å². The molecule has 0 N–H and O–H groups in total. The van der Waals surface area contributed by atoms with Crippen molar-refractivity contribution in [1.29, 1.82) is 0 Å². The first-order chi connectivity index (χ1) is 59.1. The summed E-state index contributed by atoms with van der Waals surface area (Å²) in [7, 11) is -46.7. The molecule has 0 saturated heterocycles. The van der Waals surface area contributed by atoms with Gasteiger partial charge < -0.3 is 36.4 Å². The smallest absolute Gasteiger partial charge is 0.416 e. The van der Waals surface area contributed by atoms with Crippen LogP contribution in [0.25, 0.3) is 0 Å². The molecule has 6 fully saturated rings. The Labute approximate surface area is 731 Å². The van der Waals surface area contributed by atoms with Crippen LogP contribution in [-0.2, 0) is 85.7 Å². The first kappa shape index (κ1) is 115. The highest BCUT2D eigenvalue weighted by molar-refractivity contribution is 7.88. The van der Waals surface area contributed by atoms with Gasteiger partial charge in [-0.1, -0.05) is 91.1 Å². The molecule has 18 atom stereocenters. The van der Waals surface area contributed by atoms with Gasteiger partial charge in [0.2, 0.25) is 10.5 Å². The van der Waals surface area contributed by atoms with E-state index < -0.39 is 272 Å². The van der Waals surface area contributed by atoms with Gasteiger partial charge in [-0.25, -0.2) is 76.1 Å². The molecule has 62 heteroatoms. The zero-order valence-corrected chi connectivity index (χ0v) is 72.1. The monoisotopic (exact) mass is 2110 g/mol. The van der Waals surface area contributed by atoms with E-state index in [4.69, 9.17) is 0 Å². The normalized spacial score (nSPS) is 28.4. The van der Waals surface area contributed by atoms with E-state index in [1.165, 1.54) is 54.6 Å². The first-order valence-electron chi connectivity index (χ1n) is 37.2. The fraction of sp³-hybridized carbons (Fsp3) is 0.643. The first-order valence-corrected chi connectivity index (χ1v) is 48.4. The number of Topliss-reactive ketones (excluding diaryl/α,β-unsaturated/α-hetero) is 1. The van der Waals surface area contributed by atoms with E-state index in [1.54, 1.807) is 30.4 Å². The topological polar surface area (TPSA) is 475 Å². The second-order valence-electron chi connectivity index (χ2n) is 32.0. The summed E-state index contributed by atoms with van der Waals surface area (Å²) in [4.78, 5) is 10.1. The molecular formula is C70H67F29O25S8-8. The number of carbonyl (C=O) groups is 1. The van der Waals surface area contributed by atoms with E-state index in [1.807, 2.05) is 12.2 Å². The summed E-state index contributed by atoms with van der Waals surface area (Å²) in [5.41, 5.74) is 0. The van der Waals surface area contributed by atoms with Crippen molar-refractivity contribution in [3.63, 3.8) is 0 Å². The zero-order valence-electron chi connectivity index (χ0n) is 65.6. The lowest BCUT2D eigenvalue weighted by molar-refractivity contribution is -0.301. The second kappa shape index (κ2) is 38.9. The zero-order chi connectivity index (χ0) is 102. The van der Waals surface area contributed by atoms with Crippen LogP contribution in [0.3, 0.4) is 0 Å². The second-order valence-corrected chi connectivity index (χ2v) is 43.6. The fourth-order valence-corrected chi connectivity index (χ4v) is 23.2. The molecule has 2 aromatic carbocycles. The number of carbonyl (C=O) groups excluding carboxylic acids is 1. The summed E-state index contributed by atoms with van der Waals surface area (Å²) >= 11 is 0. The minimum atomic E-state index is -6.92. The molecule has 0 aliphatic heterocycles. The predicted molar refractivity (Wildman–Crippen MR) is 381 cm³/mol. The molecule has 0 heterocycles. The Morgan fingerprint density at radius 3 is 0.932 bits per heavy atom. The quantitative estimate of drug-likeness (QED) is 0.0716. The van der Waals surface area contributed by atoms with E-state index in [0.29, 0.717) is 51.1 Å². The Morgan fingerprint density at radius 1 is 0.333 bits per heavy atom. The van der Waals surface area contributed by atoms with E-state index in [-0.39, 0.29) is 73.0 Å². The van der Waals surface area contributed by atoms with Crippen LogP contribution < -0.4 is 0 Å². The average Bonchev–Trinajstić information content (AvgIpc) is 1.64. The van der Waals surface area contributed by atoms with Gasteiger partial charge in [-0.2, -0.15) is 114 Å². The van der Waals surface area contributed by atoms with Crippen molar-refractivity contribution in [3.8, 4) is 0 Å². The van der Waals surface area contributed by atoms with Crippen LogP contribution in [0.1, 0.15) is 83.5 Å². The SMILES string of the molecule is CF.O=C(C1CC2C=CC1C2)C(F)(F)S(=O)(=O)[O-].O=S(=O)([O-])C(C1CC2C=CC1C2)(C(F)(F)F)C(F)(F)F.O=S(=O)([O-])C(CC1CC2C=CC1C2)(C(F)(F)F)C(F)(F)F.O=S(=O)([O-])C(F)(F)C(F)(F)C(F)(F)C1CC2C=CC1C2.O=S(=O)([O-])C(F)(F)C(F)(F)C1CC2C=CC1C2.O=S(=O)([O-])C(F)(F)C1CC2C=CC1C2.O=S(=O)([O-])c1ccc(F)cc1F.O=S(=O)([O-])c1ccccc1. The number of hydrogen-bond acceptors (Lipinski definition) is 25. The van der Waals surface area contributed by atoms with Gasteiger partial charge >= 0.3 is 63.5 Å². The highest BCUT2D eigenvalue weighted by Crippen LogP contribution is 2.64. The van der Waals surface area contributed by atoms with Crippen molar-refractivity contribution < 1.29 is 236 Å². The third kappa shape index (κ3) is 23.0. The molecule has 756 valence electrons. The molecule has 132 heavy (non-hydrogen) atoms. The van der Waals surface area contributed by atoms with E-state index in [0.717, 1.165) is 6.08 Å². The van der Waals surface area contributed by atoms with E-state index in [9.17, 15) is 236 Å². The van der Waals surface area contributed by atoms with E-state index in [2.05, 4.69) is 0 Å². The minimum absolute atomic E-state index is 0.00803. The van der Waals surface area contributed by atoms with Crippen LogP contribution in [0.4, 0.5) is 127 Å². The summed E-state index contributed by atoms with van der Waals surface area (Å²) in [6.07, 6.45) is -7.08. The van der Waals surface area contributed by atoms with E-state index >= 15 is 0 Å². The lowest BCUT2D eigenvalue weighted by atomic mass is 9.80. The lowest BCUT2D eigenvalue weighted by Gasteiger charge is -2.44. The Balaban J connectivity index is 0.000000233. The van der Waals surface area contributed by atoms with Crippen molar-refractivity contribution in [2.24, 2.45) is 107 Å². The van der Waals surface area contributed by atoms with Gasteiger partial charge in [0.15, 0.2) is 40.5 Å². The van der Waals surface area contributed by atoms with Crippen LogP contribution in [0, 0.1) is 118 Å².